The van der Waals surface area contributed by atoms with Crippen molar-refractivity contribution in [2.45, 2.75) is 25.4 Å². The number of carbonyl (C=O) groups is 1. The van der Waals surface area contributed by atoms with Crippen molar-refractivity contribution in [1.82, 2.24) is 10.3 Å². The second-order valence-electron chi connectivity index (χ2n) is 3.87. The summed E-state index contributed by atoms with van der Waals surface area (Å²) < 4.78 is 0. The summed E-state index contributed by atoms with van der Waals surface area (Å²) in [6.45, 7) is 1.90. The highest BCUT2D eigenvalue weighted by Gasteiger charge is 2.16. The van der Waals surface area contributed by atoms with Gasteiger partial charge < -0.3 is 11.1 Å². The second-order valence-corrected chi connectivity index (χ2v) is 4.86. The molecule has 0 aliphatic heterocycles. The number of hydrogen-bond donors (Lipinski definition) is 2. The fraction of sp³-hybridized carbons (Fsp3) is 0.500. The molecule has 1 rings (SSSR count). The zero-order valence-corrected chi connectivity index (χ0v) is 11.0. The van der Waals surface area contributed by atoms with Crippen LogP contribution in [0.1, 0.15) is 25.1 Å². The predicted molar refractivity (Wildman–Crippen MR) is 71.8 cm³/mol. The molecular weight excluding hydrogens is 234 g/mol. The van der Waals surface area contributed by atoms with E-state index in [0.717, 1.165) is 11.4 Å². The first-order valence-corrected chi connectivity index (χ1v) is 7.00. The summed E-state index contributed by atoms with van der Waals surface area (Å²) in [5.74, 6) is 0.782. The Kier molecular flexibility index (Phi) is 6.00. The molecule has 0 bridgehead atoms. The fourth-order valence-corrected chi connectivity index (χ4v) is 1.89. The van der Waals surface area contributed by atoms with Crippen LogP contribution >= 0.6 is 11.8 Å². The number of nitrogens with zero attached hydrogens (tertiary/aromatic N) is 1. The van der Waals surface area contributed by atoms with Crippen molar-refractivity contribution in [2.24, 2.45) is 5.73 Å². The Morgan fingerprint density at radius 1 is 1.59 bits per heavy atom. The van der Waals surface area contributed by atoms with Gasteiger partial charge in [-0.05, 0) is 37.5 Å². The number of amides is 1. The van der Waals surface area contributed by atoms with E-state index in [-0.39, 0.29) is 11.9 Å². The predicted octanol–water partition coefficient (Wildman–Crippen LogP) is 1.34. The van der Waals surface area contributed by atoms with Crippen LogP contribution in [0.5, 0.6) is 0 Å². The van der Waals surface area contributed by atoms with Crippen molar-refractivity contribution in [2.75, 3.05) is 12.0 Å². The lowest BCUT2D eigenvalue weighted by atomic mass is 10.1. The first kappa shape index (κ1) is 14.0. The molecule has 0 aromatic carbocycles. The second kappa shape index (κ2) is 7.29. The lowest BCUT2D eigenvalue weighted by Gasteiger charge is -2.16. The van der Waals surface area contributed by atoms with E-state index >= 15 is 0 Å². The lowest BCUT2D eigenvalue weighted by Crippen LogP contribution is -2.42. The molecule has 0 saturated carbocycles. The fourth-order valence-electron chi connectivity index (χ4n) is 1.40. The summed E-state index contributed by atoms with van der Waals surface area (Å²) in [6.07, 6.45) is 4.41. The van der Waals surface area contributed by atoms with E-state index in [4.69, 9.17) is 5.73 Å². The highest BCUT2D eigenvalue weighted by molar-refractivity contribution is 7.98. The third-order valence-corrected chi connectivity index (χ3v) is 3.10. The zero-order valence-electron chi connectivity index (χ0n) is 10.2. The van der Waals surface area contributed by atoms with Crippen molar-refractivity contribution in [1.29, 1.82) is 0 Å². The minimum absolute atomic E-state index is 0.107. The Bertz CT molecular complexity index is 345. The third-order valence-electron chi connectivity index (χ3n) is 2.46. The number of rotatable bonds is 6. The summed E-state index contributed by atoms with van der Waals surface area (Å²) >= 11 is 1.69. The van der Waals surface area contributed by atoms with Gasteiger partial charge in [0.25, 0.3) is 0 Å². The monoisotopic (exact) mass is 253 g/mol. The van der Waals surface area contributed by atoms with Gasteiger partial charge in [-0.25, -0.2) is 0 Å². The molecule has 1 unspecified atom stereocenters. The van der Waals surface area contributed by atoms with Crippen molar-refractivity contribution in [3.63, 3.8) is 0 Å². The van der Waals surface area contributed by atoms with Crippen LogP contribution in [-0.4, -0.2) is 28.9 Å². The van der Waals surface area contributed by atoms with Gasteiger partial charge in [0.2, 0.25) is 5.91 Å². The van der Waals surface area contributed by atoms with Gasteiger partial charge in [-0.1, -0.05) is 6.07 Å². The summed E-state index contributed by atoms with van der Waals surface area (Å²) in [7, 11) is 0. The normalized spacial score (nSPS) is 14.1. The molecule has 3 N–H and O–H groups in total. The number of thioether (sulfide) groups is 1. The number of aromatic nitrogens is 1. The van der Waals surface area contributed by atoms with Gasteiger partial charge in [0, 0.05) is 6.20 Å². The molecular formula is C12H19N3OS. The third kappa shape index (κ3) is 4.75. The minimum atomic E-state index is -0.436. The Balaban J connectivity index is 2.46. The smallest absolute Gasteiger partial charge is 0.237 e. The van der Waals surface area contributed by atoms with Crippen molar-refractivity contribution < 1.29 is 4.79 Å². The van der Waals surface area contributed by atoms with E-state index in [9.17, 15) is 4.79 Å². The van der Waals surface area contributed by atoms with E-state index in [1.807, 2.05) is 31.4 Å². The molecule has 1 amide bonds. The maximum Gasteiger partial charge on any atom is 0.237 e. The zero-order chi connectivity index (χ0) is 12.7. The molecule has 17 heavy (non-hydrogen) atoms. The maximum absolute atomic E-state index is 11.8. The molecule has 0 saturated heterocycles. The first-order chi connectivity index (χ1) is 8.15. The number of pyridine rings is 1. The summed E-state index contributed by atoms with van der Waals surface area (Å²) in [6, 6.07) is 5.09. The average Bonchev–Trinajstić information content (AvgIpc) is 2.36. The molecule has 1 aromatic heterocycles. The number of nitrogens with two attached hydrogens (primary N) is 1. The highest BCUT2D eigenvalue weighted by Crippen LogP contribution is 2.08. The van der Waals surface area contributed by atoms with E-state index < -0.39 is 6.04 Å². The lowest BCUT2D eigenvalue weighted by molar-refractivity contribution is -0.123. The molecule has 1 heterocycles. The van der Waals surface area contributed by atoms with Gasteiger partial charge in [0.15, 0.2) is 0 Å². The van der Waals surface area contributed by atoms with Crippen molar-refractivity contribution in [3.05, 3.63) is 30.1 Å². The average molecular weight is 253 g/mol. The van der Waals surface area contributed by atoms with E-state index in [1.54, 1.807) is 18.0 Å². The number of nitrogens with one attached hydrogen (secondary N) is 1. The van der Waals surface area contributed by atoms with Gasteiger partial charge in [0.05, 0.1) is 17.8 Å². The van der Waals surface area contributed by atoms with Crippen LogP contribution < -0.4 is 11.1 Å². The Morgan fingerprint density at radius 2 is 2.35 bits per heavy atom. The Morgan fingerprint density at radius 3 is 2.94 bits per heavy atom. The molecule has 0 aliphatic carbocycles. The topological polar surface area (TPSA) is 68.0 Å². The molecule has 0 aliphatic rings. The number of carbonyl (C=O) groups excluding carboxylic acids is 1. The molecule has 4 nitrogen and oxygen atoms in total. The number of hydrogen-bond acceptors (Lipinski definition) is 4. The summed E-state index contributed by atoms with van der Waals surface area (Å²) in [4.78, 5) is 16.0. The SMILES string of the molecule is CSCC[C@H](N)C(=O)NC(C)c1ccccn1. The summed E-state index contributed by atoms with van der Waals surface area (Å²) in [5.41, 5.74) is 6.63. The van der Waals surface area contributed by atoms with Crippen LogP contribution in [0.15, 0.2) is 24.4 Å². The van der Waals surface area contributed by atoms with Crippen molar-refractivity contribution >= 4 is 17.7 Å². The standard InChI is InChI=1S/C12H19N3OS/c1-9(11-5-3-4-7-14-11)15-12(16)10(13)6-8-17-2/h3-5,7,9-10H,6,8,13H2,1-2H3,(H,15,16)/t9?,10-/m0/s1. The van der Waals surface area contributed by atoms with Crippen LogP contribution in [0.4, 0.5) is 0 Å². The molecule has 5 heteroatoms. The molecule has 0 fully saturated rings. The van der Waals surface area contributed by atoms with Crippen LogP contribution in [-0.2, 0) is 4.79 Å². The Hall–Kier alpha value is -1.07. The summed E-state index contributed by atoms with van der Waals surface area (Å²) in [5, 5.41) is 2.87. The molecule has 0 radical (unpaired) electrons. The molecule has 94 valence electrons. The van der Waals surface area contributed by atoms with Gasteiger partial charge in [-0.15, -0.1) is 0 Å². The van der Waals surface area contributed by atoms with E-state index in [0.29, 0.717) is 6.42 Å². The van der Waals surface area contributed by atoms with Gasteiger partial charge in [-0.2, -0.15) is 11.8 Å². The minimum Gasteiger partial charge on any atom is -0.347 e. The van der Waals surface area contributed by atoms with Crippen molar-refractivity contribution in [3.8, 4) is 0 Å². The largest absolute Gasteiger partial charge is 0.347 e. The van der Waals surface area contributed by atoms with Gasteiger partial charge >= 0.3 is 0 Å². The van der Waals surface area contributed by atoms with Gasteiger partial charge in [0.1, 0.15) is 0 Å². The van der Waals surface area contributed by atoms with Crippen LogP contribution in [0, 0.1) is 0 Å². The molecule has 0 spiro atoms. The van der Waals surface area contributed by atoms with Crippen LogP contribution in [0.3, 0.4) is 0 Å². The first-order valence-electron chi connectivity index (χ1n) is 5.61. The Labute approximate surface area is 106 Å². The van der Waals surface area contributed by atoms with Gasteiger partial charge in [-0.3, -0.25) is 9.78 Å². The molecule has 2 atom stereocenters. The quantitative estimate of drug-likeness (QED) is 0.803. The van der Waals surface area contributed by atoms with Crippen LogP contribution in [0.2, 0.25) is 0 Å². The van der Waals surface area contributed by atoms with E-state index in [1.165, 1.54) is 0 Å². The molecule has 1 aromatic rings. The van der Waals surface area contributed by atoms with E-state index in [2.05, 4.69) is 10.3 Å². The highest BCUT2D eigenvalue weighted by atomic mass is 32.2. The maximum atomic E-state index is 11.8. The van der Waals surface area contributed by atoms with Crippen LogP contribution in [0.25, 0.3) is 0 Å².